The number of rotatable bonds is 5. The molecule has 0 atom stereocenters. The normalized spacial score (nSPS) is 12.9. The standard InChI is InChI=1S/C10H16N2O2/c1-8(2)5-10(3,4)9(11-6-13)12-7-14/h8-9H,5H2,1-4H3. The lowest BCUT2D eigenvalue weighted by molar-refractivity contribution is 0.235. The summed E-state index contributed by atoms with van der Waals surface area (Å²) in [5.74, 6) is 0.455. The molecule has 4 heteroatoms. The summed E-state index contributed by atoms with van der Waals surface area (Å²) in [6.07, 6.45) is 3.03. The molecule has 0 aromatic carbocycles. The van der Waals surface area contributed by atoms with Gasteiger partial charge in [-0.2, -0.15) is 9.98 Å². The number of carbonyl (C=O) groups excluding carboxylic acids is 2. The van der Waals surface area contributed by atoms with Crippen molar-refractivity contribution in [3.63, 3.8) is 0 Å². The second kappa shape index (κ2) is 5.48. The summed E-state index contributed by atoms with van der Waals surface area (Å²) < 4.78 is 0. The van der Waals surface area contributed by atoms with Crippen molar-refractivity contribution in [2.45, 2.75) is 40.3 Å². The van der Waals surface area contributed by atoms with Crippen LogP contribution in [0, 0.1) is 11.3 Å². The molecule has 0 aromatic heterocycles. The Morgan fingerprint density at radius 3 is 1.86 bits per heavy atom. The molecule has 78 valence electrons. The van der Waals surface area contributed by atoms with Gasteiger partial charge < -0.3 is 0 Å². The van der Waals surface area contributed by atoms with E-state index in [2.05, 4.69) is 23.8 Å². The molecule has 0 spiro atoms. The molecule has 0 amide bonds. The maximum absolute atomic E-state index is 10.1. The first kappa shape index (κ1) is 12.8. The second-order valence-corrected chi connectivity index (χ2v) is 4.40. The SMILES string of the molecule is CC(C)CC(C)(C)C(N=C=O)N=C=O. The van der Waals surface area contributed by atoms with Gasteiger partial charge in [0.25, 0.3) is 0 Å². The van der Waals surface area contributed by atoms with E-state index >= 15 is 0 Å². The highest BCUT2D eigenvalue weighted by Crippen LogP contribution is 2.31. The number of isocyanates is 2. The van der Waals surface area contributed by atoms with Crippen molar-refractivity contribution in [2.24, 2.45) is 21.3 Å². The van der Waals surface area contributed by atoms with Gasteiger partial charge in [0.2, 0.25) is 12.2 Å². The summed E-state index contributed by atoms with van der Waals surface area (Å²) in [5, 5.41) is 0. The topological polar surface area (TPSA) is 58.9 Å². The van der Waals surface area contributed by atoms with Gasteiger partial charge in [0.05, 0.1) is 0 Å². The van der Waals surface area contributed by atoms with Crippen LogP contribution in [0.1, 0.15) is 34.1 Å². The van der Waals surface area contributed by atoms with Gasteiger partial charge >= 0.3 is 0 Å². The predicted molar refractivity (Wildman–Crippen MR) is 53.3 cm³/mol. The summed E-state index contributed by atoms with van der Waals surface area (Å²) >= 11 is 0. The minimum Gasteiger partial charge on any atom is -0.211 e. The third kappa shape index (κ3) is 4.13. The summed E-state index contributed by atoms with van der Waals surface area (Å²) in [7, 11) is 0. The van der Waals surface area contributed by atoms with Crippen molar-refractivity contribution in [3.8, 4) is 0 Å². The Hall–Kier alpha value is -1.24. The van der Waals surface area contributed by atoms with Gasteiger partial charge in [0, 0.05) is 5.41 Å². The Morgan fingerprint density at radius 2 is 1.57 bits per heavy atom. The van der Waals surface area contributed by atoms with Gasteiger partial charge in [-0.25, -0.2) is 9.59 Å². The molecule has 14 heavy (non-hydrogen) atoms. The van der Waals surface area contributed by atoms with Crippen LogP contribution >= 0.6 is 0 Å². The van der Waals surface area contributed by atoms with Crippen LogP contribution < -0.4 is 0 Å². The van der Waals surface area contributed by atoms with Crippen LogP contribution in [0.5, 0.6) is 0 Å². The van der Waals surface area contributed by atoms with Crippen molar-refractivity contribution < 1.29 is 9.59 Å². The maximum Gasteiger partial charge on any atom is 0.237 e. The van der Waals surface area contributed by atoms with Crippen LogP contribution in [-0.4, -0.2) is 18.3 Å². The molecule has 0 rings (SSSR count). The molecule has 0 bridgehead atoms. The van der Waals surface area contributed by atoms with Crippen LogP contribution in [0.15, 0.2) is 9.98 Å². The van der Waals surface area contributed by atoms with Crippen molar-refractivity contribution in [1.82, 2.24) is 0 Å². The van der Waals surface area contributed by atoms with Crippen LogP contribution in [0.3, 0.4) is 0 Å². The second-order valence-electron chi connectivity index (χ2n) is 4.40. The van der Waals surface area contributed by atoms with Crippen LogP contribution in [-0.2, 0) is 9.59 Å². The summed E-state index contributed by atoms with van der Waals surface area (Å²) in [5.41, 5.74) is -0.316. The zero-order valence-corrected chi connectivity index (χ0v) is 9.07. The largest absolute Gasteiger partial charge is 0.237 e. The van der Waals surface area contributed by atoms with E-state index in [9.17, 15) is 9.59 Å². The number of aliphatic imine (C=N–C) groups is 2. The van der Waals surface area contributed by atoms with E-state index in [0.29, 0.717) is 5.92 Å². The average Bonchev–Trinajstić information content (AvgIpc) is 2.01. The monoisotopic (exact) mass is 196 g/mol. The Kier molecular flexibility index (Phi) is 5.00. The zero-order chi connectivity index (χ0) is 11.2. The van der Waals surface area contributed by atoms with E-state index < -0.39 is 6.17 Å². The number of nitrogens with zero attached hydrogens (tertiary/aromatic N) is 2. The Bertz CT molecular complexity index is 254. The highest BCUT2D eigenvalue weighted by molar-refractivity contribution is 5.37. The molecule has 0 aromatic rings. The average molecular weight is 196 g/mol. The minimum absolute atomic E-state index is 0.316. The summed E-state index contributed by atoms with van der Waals surface area (Å²) in [4.78, 5) is 27.3. The van der Waals surface area contributed by atoms with E-state index in [-0.39, 0.29) is 5.41 Å². The van der Waals surface area contributed by atoms with Gasteiger partial charge in [-0.15, -0.1) is 0 Å². The van der Waals surface area contributed by atoms with Crippen LogP contribution in [0.2, 0.25) is 0 Å². The van der Waals surface area contributed by atoms with Gasteiger partial charge in [-0.05, 0) is 12.3 Å². The maximum atomic E-state index is 10.1. The lowest BCUT2D eigenvalue weighted by Crippen LogP contribution is -2.27. The highest BCUT2D eigenvalue weighted by atomic mass is 16.1. The highest BCUT2D eigenvalue weighted by Gasteiger charge is 2.30. The van der Waals surface area contributed by atoms with Gasteiger partial charge in [-0.3, -0.25) is 0 Å². The van der Waals surface area contributed by atoms with Crippen molar-refractivity contribution in [2.75, 3.05) is 0 Å². The number of hydrogen-bond donors (Lipinski definition) is 0. The molecule has 0 aliphatic carbocycles. The molecule has 0 saturated heterocycles. The molecule has 0 aliphatic rings. The van der Waals surface area contributed by atoms with Crippen LogP contribution in [0.25, 0.3) is 0 Å². The molecule has 0 fully saturated rings. The molecule has 4 nitrogen and oxygen atoms in total. The van der Waals surface area contributed by atoms with Crippen molar-refractivity contribution in [3.05, 3.63) is 0 Å². The molecule has 0 unspecified atom stereocenters. The van der Waals surface area contributed by atoms with Gasteiger partial charge in [0.15, 0.2) is 6.17 Å². The Morgan fingerprint density at radius 1 is 1.14 bits per heavy atom. The van der Waals surface area contributed by atoms with Gasteiger partial charge in [0.1, 0.15) is 0 Å². The molecule has 0 N–H and O–H groups in total. The molecular weight excluding hydrogens is 180 g/mol. The Balaban J connectivity index is 4.78. The first-order valence-corrected chi connectivity index (χ1v) is 4.58. The fraction of sp³-hybridized carbons (Fsp3) is 0.800. The quantitative estimate of drug-likeness (QED) is 0.499. The van der Waals surface area contributed by atoms with Crippen molar-refractivity contribution in [1.29, 1.82) is 0 Å². The lowest BCUT2D eigenvalue weighted by atomic mass is 9.81. The molecule has 0 radical (unpaired) electrons. The van der Waals surface area contributed by atoms with Crippen molar-refractivity contribution >= 4 is 12.2 Å². The number of hydrogen-bond acceptors (Lipinski definition) is 4. The zero-order valence-electron chi connectivity index (χ0n) is 9.07. The molecule has 0 heterocycles. The lowest BCUT2D eigenvalue weighted by Gasteiger charge is -2.28. The first-order valence-electron chi connectivity index (χ1n) is 4.58. The third-order valence-electron chi connectivity index (χ3n) is 1.98. The van der Waals surface area contributed by atoms with Crippen LogP contribution in [0.4, 0.5) is 0 Å². The fourth-order valence-corrected chi connectivity index (χ4v) is 1.64. The molecule has 0 saturated carbocycles. The smallest absolute Gasteiger partial charge is 0.211 e. The fourth-order valence-electron chi connectivity index (χ4n) is 1.64. The van der Waals surface area contributed by atoms with Gasteiger partial charge in [-0.1, -0.05) is 27.7 Å². The van der Waals surface area contributed by atoms with E-state index in [4.69, 9.17) is 0 Å². The third-order valence-corrected chi connectivity index (χ3v) is 1.98. The predicted octanol–water partition coefficient (Wildman–Crippen LogP) is 2.06. The summed E-state index contributed by atoms with van der Waals surface area (Å²) in [6, 6.07) is 0. The molecule has 0 aliphatic heterocycles. The van der Waals surface area contributed by atoms with E-state index in [0.717, 1.165) is 6.42 Å². The van der Waals surface area contributed by atoms with E-state index in [1.807, 2.05) is 13.8 Å². The van der Waals surface area contributed by atoms with E-state index in [1.165, 1.54) is 12.2 Å². The van der Waals surface area contributed by atoms with E-state index in [1.54, 1.807) is 0 Å². The summed E-state index contributed by atoms with van der Waals surface area (Å²) in [6.45, 7) is 7.96. The first-order chi connectivity index (χ1) is 6.44. The Labute approximate surface area is 84.1 Å². The minimum atomic E-state index is -0.667. The molecular formula is C10H16N2O2.